The predicted octanol–water partition coefficient (Wildman–Crippen LogP) is 2.31. The van der Waals surface area contributed by atoms with Gasteiger partial charge in [-0.3, -0.25) is 9.59 Å². The third-order valence-corrected chi connectivity index (χ3v) is 4.98. The van der Waals surface area contributed by atoms with Crippen LogP contribution in [-0.4, -0.2) is 34.8 Å². The molecule has 0 aliphatic carbocycles. The van der Waals surface area contributed by atoms with Crippen molar-refractivity contribution in [1.29, 1.82) is 0 Å². The molecule has 2 heterocycles. The molecule has 0 spiro atoms. The Balaban J connectivity index is 1.64. The smallest absolute Gasteiger partial charge is 0.308 e. The van der Waals surface area contributed by atoms with Crippen LogP contribution in [0.5, 0.6) is 11.5 Å². The van der Waals surface area contributed by atoms with E-state index in [-0.39, 0.29) is 19.1 Å². The van der Waals surface area contributed by atoms with Crippen molar-refractivity contribution in [3.05, 3.63) is 29.3 Å². The van der Waals surface area contributed by atoms with Crippen LogP contribution in [-0.2, 0) is 16.0 Å². The van der Waals surface area contributed by atoms with E-state index in [1.165, 1.54) is 11.3 Å². The molecule has 0 saturated heterocycles. The Morgan fingerprint density at radius 1 is 1.32 bits per heavy atom. The number of rotatable bonds is 6. The largest absolute Gasteiger partial charge is 0.481 e. The Morgan fingerprint density at radius 2 is 2.08 bits per heavy atom. The molecule has 1 amide bonds. The monoisotopic (exact) mass is 362 g/mol. The third kappa shape index (κ3) is 3.90. The average molecular weight is 362 g/mol. The Labute approximate surface area is 148 Å². The number of aliphatic carboxylic acids is 1. The summed E-state index contributed by atoms with van der Waals surface area (Å²) >= 11 is 1.44. The molecule has 0 bridgehead atoms. The number of amides is 1. The van der Waals surface area contributed by atoms with Gasteiger partial charge in [0.2, 0.25) is 12.7 Å². The molecule has 7 nitrogen and oxygen atoms in total. The zero-order valence-electron chi connectivity index (χ0n) is 13.8. The van der Waals surface area contributed by atoms with Crippen molar-refractivity contribution >= 4 is 23.2 Å². The molecule has 1 aliphatic rings. The molecular formula is C17H18N2O5S. The van der Waals surface area contributed by atoms with E-state index in [0.29, 0.717) is 17.2 Å². The van der Waals surface area contributed by atoms with Crippen LogP contribution in [0.15, 0.2) is 23.6 Å². The van der Waals surface area contributed by atoms with Crippen molar-refractivity contribution in [2.75, 3.05) is 6.79 Å². The zero-order chi connectivity index (χ0) is 18.0. The summed E-state index contributed by atoms with van der Waals surface area (Å²) in [5.74, 6) is -0.441. The quantitative estimate of drug-likeness (QED) is 0.818. The first-order valence-electron chi connectivity index (χ1n) is 7.80. The van der Waals surface area contributed by atoms with Crippen LogP contribution in [0.2, 0.25) is 0 Å². The molecule has 0 fully saturated rings. The van der Waals surface area contributed by atoms with Crippen LogP contribution in [0.1, 0.15) is 19.5 Å². The molecule has 2 atom stereocenters. The van der Waals surface area contributed by atoms with Gasteiger partial charge in [0.15, 0.2) is 11.5 Å². The molecule has 2 aromatic rings. The number of fused-ring (bicyclic) bond motifs is 1. The van der Waals surface area contributed by atoms with E-state index < -0.39 is 17.9 Å². The number of hydrogen-bond donors (Lipinski definition) is 2. The Hall–Kier alpha value is -2.61. The Morgan fingerprint density at radius 3 is 2.84 bits per heavy atom. The average Bonchev–Trinajstić information content (AvgIpc) is 3.21. The minimum atomic E-state index is -0.938. The molecule has 0 radical (unpaired) electrons. The fourth-order valence-electron chi connectivity index (χ4n) is 2.36. The highest BCUT2D eigenvalue weighted by Gasteiger charge is 2.21. The lowest BCUT2D eigenvalue weighted by atomic mass is 10.0. The van der Waals surface area contributed by atoms with Crippen molar-refractivity contribution in [3.8, 4) is 22.1 Å². The second kappa shape index (κ2) is 7.10. The SMILES string of the molecule is CC(NC(=O)Cc1csc(-c2ccc3c(c2)OCO3)n1)C(C)C(=O)O. The molecule has 1 aromatic heterocycles. The number of thiazole rings is 1. The first kappa shape index (κ1) is 17.2. The molecule has 2 N–H and O–H groups in total. The van der Waals surface area contributed by atoms with Crippen molar-refractivity contribution in [1.82, 2.24) is 10.3 Å². The number of benzene rings is 1. The number of carbonyl (C=O) groups excluding carboxylic acids is 1. The first-order chi connectivity index (χ1) is 11.9. The standard InChI is InChI=1S/C17H18N2O5S/c1-9(17(21)22)10(2)18-15(20)6-12-7-25-16(19-12)11-3-4-13-14(5-11)24-8-23-13/h3-5,7,9-10H,6,8H2,1-2H3,(H,18,20)(H,21,22). The van der Waals surface area contributed by atoms with Gasteiger partial charge < -0.3 is 19.9 Å². The van der Waals surface area contributed by atoms with Crippen LogP contribution >= 0.6 is 11.3 Å². The zero-order valence-corrected chi connectivity index (χ0v) is 14.6. The summed E-state index contributed by atoms with van der Waals surface area (Å²) in [7, 11) is 0. The van der Waals surface area contributed by atoms with E-state index >= 15 is 0 Å². The van der Waals surface area contributed by atoms with Crippen LogP contribution < -0.4 is 14.8 Å². The van der Waals surface area contributed by atoms with E-state index in [4.69, 9.17) is 14.6 Å². The Kier molecular flexibility index (Phi) is 4.89. The van der Waals surface area contributed by atoms with Crippen molar-refractivity contribution in [2.45, 2.75) is 26.3 Å². The summed E-state index contributed by atoms with van der Waals surface area (Å²) in [6, 6.07) is 5.14. The van der Waals surface area contributed by atoms with Gasteiger partial charge >= 0.3 is 5.97 Å². The van der Waals surface area contributed by atoms with Gasteiger partial charge in [0.25, 0.3) is 0 Å². The second-order valence-electron chi connectivity index (χ2n) is 5.87. The van der Waals surface area contributed by atoms with Crippen molar-refractivity contribution < 1.29 is 24.2 Å². The lowest BCUT2D eigenvalue weighted by molar-refractivity contribution is -0.142. The number of nitrogens with zero attached hydrogens (tertiary/aromatic N) is 1. The molecule has 25 heavy (non-hydrogen) atoms. The maximum absolute atomic E-state index is 12.1. The molecule has 3 rings (SSSR count). The first-order valence-corrected chi connectivity index (χ1v) is 8.68. The molecule has 1 aromatic carbocycles. The van der Waals surface area contributed by atoms with E-state index in [0.717, 1.165) is 10.6 Å². The topological polar surface area (TPSA) is 97.8 Å². The summed E-state index contributed by atoms with van der Waals surface area (Å²) < 4.78 is 10.6. The summed E-state index contributed by atoms with van der Waals surface area (Å²) in [6.45, 7) is 3.46. The highest BCUT2D eigenvalue weighted by atomic mass is 32.1. The molecule has 8 heteroatoms. The number of nitrogens with one attached hydrogen (secondary N) is 1. The number of hydrogen-bond acceptors (Lipinski definition) is 6. The van der Waals surface area contributed by atoms with E-state index in [1.807, 2.05) is 23.6 Å². The summed E-state index contributed by atoms with van der Waals surface area (Å²) in [5, 5.41) is 14.3. The van der Waals surface area contributed by atoms with Gasteiger partial charge in [0.1, 0.15) is 5.01 Å². The lowest BCUT2D eigenvalue weighted by Crippen LogP contribution is -2.40. The number of carboxylic acids is 1. The maximum Gasteiger partial charge on any atom is 0.308 e. The van der Waals surface area contributed by atoms with Gasteiger partial charge in [0, 0.05) is 17.0 Å². The minimum Gasteiger partial charge on any atom is -0.481 e. The van der Waals surface area contributed by atoms with Gasteiger partial charge in [-0.2, -0.15) is 0 Å². The predicted molar refractivity (Wildman–Crippen MR) is 91.8 cm³/mol. The number of carbonyl (C=O) groups is 2. The summed E-state index contributed by atoms with van der Waals surface area (Å²) in [6.07, 6.45) is 0.109. The number of ether oxygens (including phenoxy) is 2. The van der Waals surface area contributed by atoms with Crippen LogP contribution in [0.4, 0.5) is 0 Å². The van der Waals surface area contributed by atoms with Crippen molar-refractivity contribution in [3.63, 3.8) is 0 Å². The molecule has 2 unspecified atom stereocenters. The van der Waals surface area contributed by atoms with Gasteiger partial charge in [-0.1, -0.05) is 0 Å². The normalized spacial score (nSPS) is 14.8. The summed E-state index contributed by atoms with van der Waals surface area (Å²) in [4.78, 5) is 27.5. The van der Waals surface area contributed by atoms with E-state index in [9.17, 15) is 9.59 Å². The molecule has 0 saturated carbocycles. The fourth-order valence-corrected chi connectivity index (χ4v) is 3.18. The van der Waals surface area contributed by atoms with Crippen LogP contribution in [0.25, 0.3) is 10.6 Å². The lowest BCUT2D eigenvalue weighted by Gasteiger charge is -2.17. The van der Waals surface area contributed by atoms with Crippen LogP contribution in [0.3, 0.4) is 0 Å². The Bertz CT molecular complexity index is 804. The van der Waals surface area contributed by atoms with Gasteiger partial charge in [-0.05, 0) is 32.0 Å². The second-order valence-corrected chi connectivity index (χ2v) is 6.73. The highest BCUT2D eigenvalue weighted by molar-refractivity contribution is 7.13. The minimum absolute atomic E-state index is 0.109. The van der Waals surface area contributed by atoms with Crippen LogP contribution in [0, 0.1) is 5.92 Å². The van der Waals surface area contributed by atoms with Gasteiger partial charge in [0.05, 0.1) is 18.0 Å². The van der Waals surface area contributed by atoms with E-state index in [2.05, 4.69) is 10.3 Å². The van der Waals surface area contributed by atoms with Gasteiger partial charge in [-0.25, -0.2) is 4.98 Å². The summed E-state index contributed by atoms with van der Waals surface area (Å²) in [5.41, 5.74) is 1.54. The van der Waals surface area contributed by atoms with Crippen molar-refractivity contribution in [2.24, 2.45) is 5.92 Å². The molecule has 132 valence electrons. The third-order valence-electron chi connectivity index (χ3n) is 4.04. The fraction of sp³-hybridized carbons (Fsp3) is 0.353. The number of aromatic nitrogens is 1. The molecular weight excluding hydrogens is 344 g/mol. The highest BCUT2D eigenvalue weighted by Crippen LogP contribution is 2.36. The maximum atomic E-state index is 12.1. The number of carboxylic acid groups (broad SMARTS) is 1. The molecule has 1 aliphatic heterocycles. The van der Waals surface area contributed by atoms with Gasteiger partial charge in [-0.15, -0.1) is 11.3 Å². The van der Waals surface area contributed by atoms with E-state index in [1.54, 1.807) is 13.8 Å².